The van der Waals surface area contributed by atoms with Crippen LogP contribution in [0.15, 0.2) is 54.6 Å². The van der Waals surface area contributed by atoms with Crippen molar-refractivity contribution in [2.24, 2.45) is 5.92 Å². The lowest BCUT2D eigenvalue weighted by molar-refractivity contribution is -0.136. The van der Waals surface area contributed by atoms with Gasteiger partial charge in [-0.3, -0.25) is 9.59 Å². The van der Waals surface area contributed by atoms with Crippen molar-refractivity contribution >= 4 is 11.8 Å². The molecule has 2 aliphatic rings. The fourth-order valence-corrected chi connectivity index (χ4v) is 4.46. The van der Waals surface area contributed by atoms with Gasteiger partial charge in [0.25, 0.3) is 0 Å². The first-order chi connectivity index (χ1) is 14.7. The molecular weight excluding hydrogens is 376 g/mol. The van der Waals surface area contributed by atoms with Crippen molar-refractivity contribution in [2.75, 3.05) is 19.7 Å². The monoisotopic (exact) mass is 406 g/mol. The highest BCUT2D eigenvalue weighted by Crippen LogP contribution is 2.23. The minimum Gasteiger partial charge on any atom is -0.493 e. The van der Waals surface area contributed by atoms with Crippen LogP contribution in [0.1, 0.15) is 36.8 Å². The molecule has 0 bridgehead atoms. The molecule has 0 saturated carbocycles. The van der Waals surface area contributed by atoms with Crippen LogP contribution in [0.3, 0.4) is 0 Å². The van der Waals surface area contributed by atoms with Crippen molar-refractivity contribution in [3.63, 3.8) is 0 Å². The zero-order valence-corrected chi connectivity index (χ0v) is 17.4. The Morgan fingerprint density at radius 1 is 0.933 bits per heavy atom. The Bertz CT molecular complexity index is 860. The number of hydrogen-bond acceptors (Lipinski definition) is 3. The number of ether oxygens (including phenoxy) is 1. The van der Waals surface area contributed by atoms with Gasteiger partial charge in [-0.05, 0) is 55.4 Å². The summed E-state index contributed by atoms with van der Waals surface area (Å²) in [6.45, 7) is 1.68. The maximum atomic E-state index is 12.7. The van der Waals surface area contributed by atoms with E-state index in [0.29, 0.717) is 26.1 Å². The van der Waals surface area contributed by atoms with Gasteiger partial charge in [-0.1, -0.05) is 42.5 Å². The SMILES string of the molecule is O=C(NC1CCc2ccccc2C1)C1CCN(C(=O)CCOc2ccccc2)CC1. The summed E-state index contributed by atoms with van der Waals surface area (Å²) in [7, 11) is 0. The number of rotatable bonds is 6. The summed E-state index contributed by atoms with van der Waals surface area (Å²) < 4.78 is 5.62. The number of nitrogens with one attached hydrogen (secondary N) is 1. The molecule has 1 saturated heterocycles. The predicted molar refractivity (Wildman–Crippen MR) is 116 cm³/mol. The number of fused-ring (bicyclic) bond motifs is 1. The van der Waals surface area contributed by atoms with Crippen molar-refractivity contribution in [3.8, 4) is 5.75 Å². The first-order valence-corrected chi connectivity index (χ1v) is 11.0. The number of hydrogen-bond donors (Lipinski definition) is 1. The van der Waals surface area contributed by atoms with Gasteiger partial charge >= 0.3 is 0 Å². The van der Waals surface area contributed by atoms with E-state index in [0.717, 1.165) is 37.9 Å². The third-order valence-corrected chi connectivity index (χ3v) is 6.24. The molecule has 30 heavy (non-hydrogen) atoms. The van der Waals surface area contributed by atoms with Crippen molar-refractivity contribution in [3.05, 3.63) is 65.7 Å². The van der Waals surface area contributed by atoms with Crippen LogP contribution in [-0.4, -0.2) is 42.5 Å². The van der Waals surface area contributed by atoms with Crippen LogP contribution in [0.5, 0.6) is 5.75 Å². The minimum absolute atomic E-state index is 0.00629. The van der Waals surface area contributed by atoms with Crippen LogP contribution in [-0.2, 0) is 22.4 Å². The van der Waals surface area contributed by atoms with Crippen molar-refractivity contribution < 1.29 is 14.3 Å². The molecule has 1 fully saturated rings. The van der Waals surface area contributed by atoms with Crippen LogP contribution in [0, 0.1) is 5.92 Å². The van der Waals surface area contributed by atoms with Gasteiger partial charge in [0, 0.05) is 25.0 Å². The molecule has 1 atom stereocenters. The number of carbonyl (C=O) groups is 2. The highest BCUT2D eigenvalue weighted by molar-refractivity contribution is 5.80. The van der Waals surface area contributed by atoms with Crippen LogP contribution in [0.2, 0.25) is 0 Å². The van der Waals surface area contributed by atoms with E-state index < -0.39 is 0 Å². The third-order valence-electron chi connectivity index (χ3n) is 6.24. The fraction of sp³-hybridized carbons (Fsp3) is 0.440. The van der Waals surface area contributed by atoms with E-state index in [4.69, 9.17) is 4.74 Å². The molecule has 0 radical (unpaired) electrons. The molecule has 2 aromatic carbocycles. The normalized spacial score (nSPS) is 19.1. The number of aryl methyl sites for hydroxylation is 1. The minimum atomic E-state index is 0.00629. The average molecular weight is 407 g/mol. The molecule has 5 heteroatoms. The molecule has 1 aliphatic heterocycles. The Kier molecular flexibility index (Phi) is 6.67. The first kappa shape index (κ1) is 20.5. The lowest BCUT2D eigenvalue weighted by atomic mass is 9.87. The second kappa shape index (κ2) is 9.79. The van der Waals surface area contributed by atoms with E-state index in [-0.39, 0.29) is 23.8 Å². The molecule has 0 spiro atoms. The van der Waals surface area contributed by atoms with Crippen LogP contribution in [0.25, 0.3) is 0 Å². The van der Waals surface area contributed by atoms with Crippen LogP contribution >= 0.6 is 0 Å². The van der Waals surface area contributed by atoms with Gasteiger partial charge in [0.2, 0.25) is 11.8 Å². The highest BCUT2D eigenvalue weighted by atomic mass is 16.5. The number of benzene rings is 2. The van der Waals surface area contributed by atoms with Crippen molar-refractivity contribution in [2.45, 2.75) is 44.6 Å². The zero-order valence-electron chi connectivity index (χ0n) is 17.4. The van der Waals surface area contributed by atoms with Crippen molar-refractivity contribution in [1.29, 1.82) is 0 Å². The smallest absolute Gasteiger partial charge is 0.225 e. The van der Waals surface area contributed by atoms with E-state index in [2.05, 4.69) is 29.6 Å². The molecule has 1 N–H and O–H groups in total. The van der Waals surface area contributed by atoms with Gasteiger partial charge in [0.15, 0.2) is 0 Å². The molecule has 0 aromatic heterocycles. The lowest BCUT2D eigenvalue weighted by Gasteiger charge is -2.33. The molecule has 158 valence electrons. The zero-order chi connectivity index (χ0) is 20.8. The lowest BCUT2D eigenvalue weighted by Crippen LogP contribution is -2.46. The number of para-hydroxylation sites is 1. The highest BCUT2D eigenvalue weighted by Gasteiger charge is 2.29. The summed E-state index contributed by atoms with van der Waals surface area (Å²) in [6, 6.07) is 18.3. The summed E-state index contributed by atoms with van der Waals surface area (Å²) in [5, 5.41) is 3.26. The maximum absolute atomic E-state index is 12.7. The largest absolute Gasteiger partial charge is 0.493 e. The Morgan fingerprint density at radius 3 is 2.40 bits per heavy atom. The number of nitrogens with zero attached hydrogens (tertiary/aromatic N) is 1. The molecule has 4 rings (SSSR count). The third kappa shape index (κ3) is 5.21. The second-order valence-electron chi connectivity index (χ2n) is 8.28. The van der Waals surface area contributed by atoms with Crippen molar-refractivity contribution in [1.82, 2.24) is 10.2 Å². The fourth-order valence-electron chi connectivity index (χ4n) is 4.46. The Morgan fingerprint density at radius 2 is 1.63 bits per heavy atom. The van der Waals surface area contributed by atoms with E-state index in [1.807, 2.05) is 35.2 Å². The number of amides is 2. The topological polar surface area (TPSA) is 58.6 Å². The summed E-state index contributed by atoms with van der Waals surface area (Å²) in [6.07, 6.45) is 4.79. The van der Waals surface area contributed by atoms with Gasteiger partial charge < -0.3 is 15.0 Å². The van der Waals surface area contributed by atoms with E-state index >= 15 is 0 Å². The Hall–Kier alpha value is -2.82. The van der Waals surface area contributed by atoms with Gasteiger partial charge in [-0.25, -0.2) is 0 Å². The predicted octanol–water partition coefficient (Wildman–Crippen LogP) is 3.37. The average Bonchev–Trinajstić information content (AvgIpc) is 2.80. The molecule has 2 amide bonds. The Balaban J connectivity index is 1.18. The van der Waals surface area contributed by atoms with E-state index in [1.54, 1.807) is 0 Å². The molecule has 1 unspecified atom stereocenters. The number of likely N-dealkylation sites (tertiary alicyclic amines) is 1. The maximum Gasteiger partial charge on any atom is 0.225 e. The molecule has 1 aliphatic carbocycles. The number of piperidine rings is 1. The van der Waals surface area contributed by atoms with E-state index in [9.17, 15) is 9.59 Å². The molecule has 1 heterocycles. The summed E-state index contributed by atoms with van der Waals surface area (Å²) in [5.41, 5.74) is 2.76. The van der Waals surface area contributed by atoms with Gasteiger partial charge in [0.05, 0.1) is 13.0 Å². The molecule has 5 nitrogen and oxygen atoms in total. The standard InChI is InChI=1S/C25H30N2O3/c28-24(14-17-30-23-8-2-1-3-9-23)27-15-12-20(13-16-27)25(29)26-22-11-10-19-6-4-5-7-21(19)18-22/h1-9,20,22H,10-18H2,(H,26,29). The van der Waals surface area contributed by atoms with Gasteiger partial charge in [0.1, 0.15) is 5.75 Å². The molecular formula is C25H30N2O3. The number of carbonyl (C=O) groups excluding carboxylic acids is 2. The summed E-state index contributed by atoms with van der Waals surface area (Å²) >= 11 is 0. The van der Waals surface area contributed by atoms with Gasteiger partial charge in [-0.15, -0.1) is 0 Å². The Labute approximate surface area is 178 Å². The first-order valence-electron chi connectivity index (χ1n) is 11.0. The van der Waals surface area contributed by atoms with Crippen LogP contribution < -0.4 is 10.1 Å². The quantitative estimate of drug-likeness (QED) is 0.800. The summed E-state index contributed by atoms with van der Waals surface area (Å²) in [5.74, 6) is 1.05. The second-order valence-corrected chi connectivity index (χ2v) is 8.28. The summed E-state index contributed by atoms with van der Waals surface area (Å²) in [4.78, 5) is 27.1. The van der Waals surface area contributed by atoms with E-state index in [1.165, 1.54) is 11.1 Å². The van der Waals surface area contributed by atoms with Gasteiger partial charge in [-0.2, -0.15) is 0 Å². The van der Waals surface area contributed by atoms with Crippen LogP contribution in [0.4, 0.5) is 0 Å². The molecule has 2 aromatic rings.